The summed E-state index contributed by atoms with van der Waals surface area (Å²) in [5, 5.41) is 11.5. The largest absolute Gasteiger partial charge is 0.365 e. The molecule has 0 aliphatic rings. The highest BCUT2D eigenvalue weighted by Gasteiger charge is 2.28. The molecule has 0 saturated carbocycles. The first-order valence-corrected chi connectivity index (χ1v) is 13.5. The summed E-state index contributed by atoms with van der Waals surface area (Å²) in [6.45, 7) is 5.53. The van der Waals surface area contributed by atoms with Crippen LogP contribution in [-0.2, 0) is 13.1 Å². The Morgan fingerprint density at radius 3 is 2.60 bits per heavy atom. The zero-order valence-electron chi connectivity index (χ0n) is 21.9. The van der Waals surface area contributed by atoms with Crippen LogP contribution in [0.25, 0.3) is 22.4 Å². The Labute approximate surface area is 238 Å². The number of hydrogen-bond donors (Lipinski definition) is 1. The van der Waals surface area contributed by atoms with Gasteiger partial charge in [-0.05, 0) is 24.3 Å². The zero-order chi connectivity index (χ0) is 28.4. The molecule has 0 aliphatic carbocycles. The highest BCUT2D eigenvalue weighted by molar-refractivity contribution is 7.16. The highest BCUT2D eigenvalue weighted by Crippen LogP contribution is 2.28. The fourth-order valence-corrected chi connectivity index (χ4v) is 4.98. The molecule has 5 rings (SSSR count). The van der Waals surface area contributed by atoms with Crippen molar-refractivity contribution >= 4 is 40.4 Å². The summed E-state index contributed by atoms with van der Waals surface area (Å²) >= 11 is 7.50. The molecule has 0 aliphatic heterocycles. The van der Waals surface area contributed by atoms with Gasteiger partial charge in [0.05, 0.1) is 23.0 Å². The molecule has 12 heteroatoms. The summed E-state index contributed by atoms with van der Waals surface area (Å²) in [4.78, 5) is 45.0. The van der Waals surface area contributed by atoms with Crippen LogP contribution in [0, 0.1) is 5.41 Å². The summed E-state index contributed by atoms with van der Waals surface area (Å²) in [5.74, 6) is -0.221. The van der Waals surface area contributed by atoms with Crippen molar-refractivity contribution in [3.05, 3.63) is 92.6 Å². The Hall–Kier alpha value is -4.35. The van der Waals surface area contributed by atoms with Crippen molar-refractivity contribution in [3.8, 4) is 22.4 Å². The number of pyridine rings is 2. The number of halogens is 1. The topological polar surface area (TPSA) is 125 Å². The quantitative estimate of drug-likeness (QED) is 0.235. The maximum absolute atomic E-state index is 13.7. The normalized spacial score (nSPS) is 11.5. The van der Waals surface area contributed by atoms with E-state index in [1.165, 1.54) is 32.9 Å². The molecule has 10 nitrogen and oxygen atoms in total. The molecule has 0 unspecified atom stereocenters. The molecular weight excluding hydrogens is 552 g/mol. The minimum Gasteiger partial charge on any atom is -0.365 e. The van der Waals surface area contributed by atoms with Gasteiger partial charge in [-0.2, -0.15) is 9.78 Å². The highest BCUT2D eigenvalue weighted by atomic mass is 35.5. The summed E-state index contributed by atoms with van der Waals surface area (Å²) in [5.41, 5.74) is 0.807. The SMILES string of the molecule is CC(C)(C)C(=O)n1nc(-c2cc(-c3cccnc3)cn(CC(=O)c3ccon3)c2=O)cc1NCc1ccc(Cl)s1. The lowest BCUT2D eigenvalue weighted by molar-refractivity contribution is 0.0752. The minimum atomic E-state index is -0.742. The van der Waals surface area contributed by atoms with E-state index < -0.39 is 16.8 Å². The average Bonchev–Trinajstić information content (AvgIpc) is 3.69. The smallest absolute Gasteiger partial charge is 0.260 e. The van der Waals surface area contributed by atoms with Gasteiger partial charge in [-0.15, -0.1) is 11.3 Å². The van der Waals surface area contributed by atoms with Crippen molar-refractivity contribution in [1.82, 2.24) is 24.5 Å². The summed E-state index contributed by atoms with van der Waals surface area (Å²) < 4.78 is 8.03. The molecule has 1 N–H and O–H groups in total. The monoisotopic (exact) mass is 576 g/mol. The van der Waals surface area contributed by atoms with Crippen LogP contribution in [0.5, 0.6) is 0 Å². The second kappa shape index (κ2) is 11.0. The van der Waals surface area contributed by atoms with Gasteiger partial charge in [0, 0.05) is 52.1 Å². The van der Waals surface area contributed by atoms with Crippen LogP contribution in [-0.4, -0.2) is 36.2 Å². The summed E-state index contributed by atoms with van der Waals surface area (Å²) in [6.07, 6.45) is 6.20. The van der Waals surface area contributed by atoms with Gasteiger partial charge in [0.15, 0.2) is 5.69 Å². The molecule has 0 bridgehead atoms. The predicted molar refractivity (Wildman–Crippen MR) is 153 cm³/mol. The Bertz CT molecular complexity index is 1730. The summed E-state index contributed by atoms with van der Waals surface area (Å²) in [6, 6.07) is 12.1. The number of carbonyl (C=O) groups is 2. The van der Waals surface area contributed by atoms with Crippen LogP contribution in [0.15, 0.2) is 76.6 Å². The van der Waals surface area contributed by atoms with E-state index in [-0.39, 0.29) is 29.4 Å². The van der Waals surface area contributed by atoms with Gasteiger partial charge in [0.2, 0.25) is 5.78 Å². The van der Waals surface area contributed by atoms with E-state index >= 15 is 0 Å². The number of anilines is 1. The third kappa shape index (κ3) is 5.80. The molecule has 0 atom stereocenters. The Morgan fingerprint density at radius 2 is 1.95 bits per heavy atom. The second-order valence-corrected chi connectivity index (χ2v) is 11.9. The van der Waals surface area contributed by atoms with Crippen molar-refractivity contribution in [2.24, 2.45) is 5.41 Å². The van der Waals surface area contributed by atoms with Crippen molar-refractivity contribution in [3.63, 3.8) is 0 Å². The lowest BCUT2D eigenvalue weighted by atomic mass is 9.96. The van der Waals surface area contributed by atoms with E-state index in [0.717, 1.165) is 10.4 Å². The van der Waals surface area contributed by atoms with E-state index in [1.54, 1.807) is 63.6 Å². The molecule has 0 fully saturated rings. The molecule has 0 aromatic carbocycles. The fourth-order valence-electron chi connectivity index (χ4n) is 3.96. The number of ketones is 1. The van der Waals surface area contributed by atoms with E-state index in [0.29, 0.717) is 22.3 Å². The van der Waals surface area contributed by atoms with Gasteiger partial charge in [-0.25, -0.2) is 0 Å². The third-order valence-electron chi connectivity index (χ3n) is 6.01. The molecule has 5 aromatic rings. The molecule has 0 saturated heterocycles. The number of Topliss-reactive ketones (excluding diaryl/α,β-unsaturated/α-hetero) is 1. The van der Waals surface area contributed by atoms with E-state index in [9.17, 15) is 14.4 Å². The van der Waals surface area contributed by atoms with Gasteiger partial charge in [0.1, 0.15) is 17.8 Å². The molecule has 5 heterocycles. The lowest BCUT2D eigenvalue weighted by Gasteiger charge is -2.18. The maximum atomic E-state index is 13.7. The summed E-state index contributed by atoms with van der Waals surface area (Å²) in [7, 11) is 0. The van der Waals surface area contributed by atoms with Crippen LogP contribution in [0.3, 0.4) is 0 Å². The number of rotatable bonds is 8. The molecule has 40 heavy (non-hydrogen) atoms. The van der Waals surface area contributed by atoms with Gasteiger partial charge < -0.3 is 14.4 Å². The van der Waals surface area contributed by atoms with E-state index in [1.807, 2.05) is 12.1 Å². The molecule has 0 amide bonds. The average molecular weight is 577 g/mol. The minimum absolute atomic E-state index is 0.112. The molecule has 0 radical (unpaired) electrons. The van der Waals surface area contributed by atoms with Crippen molar-refractivity contribution in [1.29, 1.82) is 0 Å². The van der Waals surface area contributed by atoms with Crippen molar-refractivity contribution < 1.29 is 14.1 Å². The Balaban J connectivity index is 1.61. The van der Waals surface area contributed by atoms with Crippen molar-refractivity contribution in [2.75, 3.05) is 5.32 Å². The van der Waals surface area contributed by atoms with Crippen LogP contribution >= 0.6 is 22.9 Å². The molecule has 0 spiro atoms. The standard InChI is InChI=1S/C28H25ClN6O4S/c1-28(2,3)27(38)35-25(31-14-19-6-7-24(29)40-19)12-22(32-35)20-11-18(17-5-4-9-30-13-17)15-34(26(20)37)16-23(36)21-8-10-39-33-21/h4-13,15,31H,14,16H2,1-3H3. The Kier molecular flexibility index (Phi) is 7.51. The van der Waals surface area contributed by atoms with E-state index in [4.69, 9.17) is 16.1 Å². The van der Waals surface area contributed by atoms with Crippen LogP contribution in [0.4, 0.5) is 5.82 Å². The van der Waals surface area contributed by atoms with Crippen LogP contribution < -0.4 is 10.9 Å². The Morgan fingerprint density at radius 1 is 1.12 bits per heavy atom. The molecule has 204 valence electrons. The number of aromatic nitrogens is 5. The first-order valence-electron chi connectivity index (χ1n) is 12.3. The molecule has 5 aromatic heterocycles. The second-order valence-electron chi connectivity index (χ2n) is 10.1. The zero-order valence-corrected chi connectivity index (χ0v) is 23.5. The molecular formula is C28H25ClN6O4S. The first kappa shape index (κ1) is 27.2. The number of nitrogens with one attached hydrogen (secondary N) is 1. The van der Waals surface area contributed by atoms with E-state index in [2.05, 4.69) is 20.6 Å². The fraction of sp³-hybridized carbons (Fsp3) is 0.214. The predicted octanol–water partition coefficient (Wildman–Crippen LogP) is 5.66. The maximum Gasteiger partial charge on any atom is 0.260 e. The van der Waals surface area contributed by atoms with Crippen LogP contribution in [0.2, 0.25) is 4.34 Å². The van der Waals surface area contributed by atoms with Gasteiger partial charge >= 0.3 is 0 Å². The van der Waals surface area contributed by atoms with Gasteiger partial charge in [-0.3, -0.25) is 19.4 Å². The third-order valence-corrected chi connectivity index (χ3v) is 7.24. The number of carbonyl (C=O) groups excluding carboxylic acids is 2. The van der Waals surface area contributed by atoms with Crippen molar-refractivity contribution in [2.45, 2.75) is 33.9 Å². The number of thiophene rings is 1. The van der Waals surface area contributed by atoms with Gasteiger partial charge in [-0.1, -0.05) is 43.6 Å². The number of hydrogen-bond acceptors (Lipinski definition) is 9. The van der Waals surface area contributed by atoms with Crippen LogP contribution in [0.1, 0.15) is 40.9 Å². The number of nitrogens with zero attached hydrogens (tertiary/aromatic N) is 5. The lowest BCUT2D eigenvalue weighted by Crippen LogP contribution is -2.29. The van der Waals surface area contributed by atoms with Gasteiger partial charge in [0.25, 0.3) is 11.5 Å². The first-order chi connectivity index (χ1) is 19.1.